The number of benzene rings is 1. The van der Waals surface area contributed by atoms with E-state index in [1.807, 2.05) is 0 Å². The van der Waals surface area contributed by atoms with Crippen molar-refractivity contribution in [1.29, 1.82) is 0 Å². The largest absolute Gasteiger partial charge is 0.372 e. The number of aromatic nitrogens is 4. The number of quaternary nitrogens is 1. The van der Waals surface area contributed by atoms with Gasteiger partial charge in [0.1, 0.15) is 13.1 Å². The lowest BCUT2D eigenvalue weighted by Gasteiger charge is -2.32. The third kappa shape index (κ3) is 4.03. The third-order valence-corrected chi connectivity index (χ3v) is 6.94. The van der Waals surface area contributed by atoms with Crippen molar-refractivity contribution in [3.05, 3.63) is 35.7 Å². The number of nitrogens with zero attached hydrogens (tertiary/aromatic N) is 5. The van der Waals surface area contributed by atoms with Gasteiger partial charge >= 0.3 is 0 Å². The third-order valence-electron chi connectivity index (χ3n) is 6.94. The molecular weight excluding hydrogens is 364 g/mol. The lowest BCUT2D eigenvalue weighted by Crippen LogP contribution is -3.14. The highest BCUT2D eigenvalue weighted by molar-refractivity contribution is 5.49. The Labute approximate surface area is 173 Å². The number of morpholine rings is 1. The zero-order chi connectivity index (χ0) is 19.5. The Morgan fingerprint density at radius 2 is 1.66 bits per heavy atom. The molecule has 1 aliphatic carbocycles. The number of tetrazole rings is 1. The summed E-state index contributed by atoms with van der Waals surface area (Å²) >= 11 is 0. The molecular formula is C22H33N6O+. The first-order chi connectivity index (χ1) is 14.4. The second-order valence-electron chi connectivity index (χ2n) is 8.76. The summed E-state index contributed by atoms with van der Waals surface area (Å²) in [6.07, 6.45) is 8.89. The fourth-order valence-electron chi connectivity index (χ4n) is 5.32. The number of rotatable bonds is 5. The molecule has 0 radical (unpaired) electrons. The minimum atomic E-state index is 0.170. The van der Waals surface area contributed by atoms with Crippen LogP contribution in [0.5, 0.6) is 0 Å². The molecule has 1 N–H and O–H groups in total. The van der Waals surface area contributed by atoms with E-state index in [2.05, 4.69) is 49.4 Å². The quantitative estimate of drug-likeness (QED) is 0.833. The molecule has 1 saturated carbocycles. The highest BCUT2D eigenvalue weighted by Crippen LogP contribution is 2.30. The van der Waals surface area contributed by atoms with Gasteiger partial charge in [0.25, 0.3) is 0 Å². The molecule has 1 aromatic carbocycles. The Kier molecular flexibility index (Phi) is 5.76. The zero-order valence-corrected chi connectivity index (χ0v) is 17.3. The fourth-order valence-corrected chi connectivity index (χ4v) is 5.32. The molecule has 29 heavy (non-hydrogen) atoms. The van der Waals surface area contributed by atoms with Gasteiger partial charge in [0, 0.05) is 24.3 Å². The lowest BCUT2D eigenvalue weighted by molar-refractivity contribution is -0.933. The molecule has 5 rings (SSSR count). The van der Waals surface area contributed by atoms with E-state index >= 15 is 0 Å². The van der Waals surface area contributed by atoms with E-state index in [0.717, 1.165) is 32.1 Å². The highest BCUT2D eigenvalue weighted by Gasteiger charge is 2.35. The molecule has 1 atom stereocenters. The van der Waals surface area contributed by atoms with Crippen molar-refractivity contribution < 1.29 is 9.64 Å². The number of hydrogen-bond acceptors (Lipinski definition) is 5. The molecule has 2 saturated heterocycles. The summed E-state index contributed by atoms with van der Waals surface area (Å²) in [7, 11) is 0. The monoisotopic (exact) mass is 397 g/mol. The van der Waals surface area contributed by atoms with Crippen molar-refractivity contribution in [1.82, 2.24) is 20.2 Å². The van der Waals surface area contributed by atoms with Crippen molar-refractivity contribution in [2.24, 2.45) is 0 Å². The number of nitrogens with one attached hydrogen (secondary N) is 1. The molecule has 0 spiro atoms. The van der Waals surface area contributed by atoms with Crippen LogP contribution in [-0.4, -0.2) is 59.6 Å². The molecule has 3 fully saturated rings. The SMILES string of the molecule is c1cc(N2CCCC2)ccc1[C@H](c1nnnn1C1CCCCC1)[NH+]1CCOCC1. The van der Waals surface area contributed by atoms with E-state index < -0.39 is 0 Å². The molecule has 7 nitrogen and oxygen atoms in total. The van der Waals surface area contributed by atoms with Crippen LogP contribution in [0.1, 0.15) is 68.4 Å². The van der Waals surface area contributed by atoms with Crippen LogP contribution in [-0.2, 0) is 4.74 Å². The van der Waals surface area contributed by atoms with Crippen LogP contribution in [0.3, 0.4) is 0 Å². The summed E-state index contributed by atoms with van der Waals surface area (Å²) in [6, 6.07) is 9.82. The van der Waals surface area contributed by atoms with Crippen LogP contribution in [0, 0.1) is 0 Å². The molecule has 0 bridgehead atoms. The van der Waals surface area contributed by atoms with Gasteiger partial charge in [0.15, 0.2) is 6.04 Å². The smallest absolute Gasteiger partial charge is 0.214 e. The zero-order valence-electron chi connectivity index (χ0n) is 17.3. The van der Waals surface area contributed by atoms with E-state index in [4.69, 9.17) is 4.74 Å². The van der Waals surface area contributed by atoms with Gasteiger partial charge in [-0.3, -0.25) is 0 Å². The summed E-state index contributed by atoms with van der Waals surface area (Å²) in [5.41, 5.74) is 2.66. The number of anilines is 1. The van der Waals surface area contributed by atoms with Crippen LogP contribution in [0.4, 0.5) is 5.69 Å². The van der Waals surface area contributed by atoms with Crippen LogP contribution in [0.15, 0.2) is 24.3 Å². The van der Waals surface area contributed by atoms with Gasteiger partial charge in [0.2, 0.25) is 5.82 Å². The summed E-state index contributed by atoms with van der Waals surface area (Å²) < 4.78 is 7.80. The van der Waals surface area contributed by atoms with Crippen LogP contribution in [0.2, 0.25) is 0 Å². The maximum Gasteiger partial charge on any atom is 0.214 e. The summed E-state index contributed by atoms with van der Waals surface area (Å²) in [5, 5.41) is 13.2. The van der Waals surface area contributed by atoms with E-state index in [9.17, 15) is 0 Å². The first-order valence-corrected chi connectivity index (χ1v) is 11.4. The first-order valence-electron chi connectivity index (χ1n) is 11.4. The lowest BCUT2D eigenvalue weighted by atomic mass is 9.95. The Balaban J connectivity index is 1.46. The molecule has 156 valence electrons. The van der Waals surface area contributed by atoms with Crippen molar-refractivity contribution >= 4 is 5.69 Å². The van der Waals surface area contributed by atoms with Gasteiger partial charge in [-0.25, -0.2) is 4.68 Å². The van der Waals surface area contributed by atoms with Crippen molar-refractivity contribution in [2.45, 2.75) is 57.0 Å². The second-order valence-corrected chi connectivity index (χ2v) is 8.76. The molecule has 7 heteroatoms. The Bertz CT molecular complexity index is 773. The van der Waals surface area contributed by atoms with Gasteiger partial charge in [0.05, 0.1) is 19.3 Å². The first kappa shape index (κ1) is 19.0. The number of hydrogen-bond donors (Lipinski definition) is 1. The Hall–Kier alpha value is -1.99. The Morgan fingerprint density at radius 3 is 2.38 bits per heavy atom. The summed E-state index contributed by atoms with van der Waals surface area (Å²) in [4.78, 5) is 4.00. The van der Waals surface area contributed by atoms with Crippen LogP contribution in [0.25, 0.3) is 0 Å². The normalized spacial score (nSPS) is 22.8. The fraction of sp³-hybridized carbons (Fsp3) is 0.682. The molecule has 1 aromatic heterocycles. The highest BCUT2D eigenvalue weighted by atomic mass is 16.5. The van der Waals surface area contributed by atoms with Crippen molar-refractivity contribution in [2.75, 3.05) is 44.3 Å². The predicted octanol–water partition coefficient (Wildman–Crippen LogP) is 1.78. The molecule has 0 amide bonds. The minimum absolute atomic E-state index is 0.170. The second kappa shape index (κ2) is 8.79. The maximum absolute atomic E-state index is 5.65. The minimum Gasteiger partial charge on any atom is -0.372 e. The van der Waals surface area contributed by atoms with Gasteiger partial charge in [-0.15, -0.1) is 5.10 Å². The van der Waals surface area contributed by atoms with Crippen molar-refractivity contribution in [3.8, 4) is 0 Å². The number of ether oxygens (including phenoxy) is 1. The van der Waals surface area contributed by atoms with Crippen molar-refractivity contribution in [3.63, 3.8) is 0 Å². The van der Waals surface area contributed by atoms with E-state index in [-0.39, 0.29) is 6.04 Å². The Morgan fingerprint density at radius 1 is 0.931 bits per heavy atom. The predicted molar refractivity (Wildman–Crippen MR) is 111 cm³/mol. The van der Waals surface area contributed by atoms with Gasteiger partial charge in [-0.05, 0) is 48.2 Å². The average Bonchev–Trinajstić information content (AvgIpc) is 3.49. The molecule has 3 heterocycles. The molecule has 0 unspecified atom stereocenters. The molecule has 2 aromatic rings. The molecule has 3 aliphatic rings. The standard InChI is InChI=1S/C22H32N6O/c1-2-6-20(7-3-1)28-22(23-24-25-28)21(27-14-16-29-17-15-27)18-8-10-19(11-9-18)26-12-4-5-13-26/h8-11,20-21H,1-7,12-17H2/p+1/t21-/m1/s1. The topological polar surface area (TPSA) is 60.5 Å². The average molecular weight is 398 g/mol. The van der Waals surface area contributed by atoms with Crippen LogP contribution < -0.4 is 9.80 Å². The van der Waals surface area contributed by atoms with E-state index in [1.165, 1.54) is 74.2 Å². The summed E-state index contributed by atoms with van der Waals surface area (Å²) in [6.45, 7) is 5.96. The van der Waals surface area contributed by atoms with Gasteiger partial charge < -0.3 is 14.5 Å². The van der Waals surface area contributed by atoms with E-state index in [1.54, 1.807) is 0 Å². The maximum atomic E-state index is 5.65. The van der Waals surface area contributed by atoms with Gasteiger partial charge in [-0.2, -0.15) is 0 Å². The molecule has 2 aliphatic heterocycles. The van der Waals surface area contributed by atoms with E-state index in [0.29, 0.717) is 6.04 Å². The van der Waals surface area contributed by atoms with Crippen LogP contribution >= 0.6 is 0 Å². The van der Waals surface area contributed by atoms with Gasteiger partial charge in [-0.1, -0.05) is 31.4 Å². The summed E-state index contributed by atoms with van der Waals surface area (Å²) in [5.74, 6) is 1.03.